The van der Waals surface area contributed by atoms with Crippen LogP contribution in [0.2, 0.25) is 0 Å². The van der Waals surface area contributed by atoms with E-state index in [1.165, 1.54) is 135 Å². The lowest BCUT2D eigenvalue weighted by atomic mass is 9.46. The van der Waals surface area contributed by atoms with E-state index in [4.69, 9.17) is 0 Å². The lowest BCUT2D eigenvalue weighted by Crippen LogP contribution is -2.50. The molecule has 0 amide bonds. The first-order valence-corrected chi connectivity index (χ1v) is 18.4. The fourth-order valence-corrected chi connectivity index (χ4v) is 10.8. The van der Waals surface area contributed by atoms with Crippen molar-refractivity contribution in [1.82, 2.24) is 0 Å². The summed E-state index contributed by atoms with van der Waals surface area (Å²) < 4.78 is 0. The van der Waals surface area contributed by atoms with E-state index in [9.17, 15) is 0 Å². The van der Waals surface area contributed by atoms with Gasteiger partial charge in [-0.25, -0.2) is 0 Å². The lowest BCUT2D eigenvalue weighted by Gasteiger charge is -2.58. The average molecular weight is 539 g/mol. The molecule has 0 aliphatic heterocycles. The van der Waals surface area contributed by atoms with E-state index in [1.807, 2.05) is 5.57 Å². The van der Waals surface area contributed by atoms with Gasteiger partial charge in [0.1, 0.15) is 0 Å². The molecular formula is C39H70. The third-order valence-electron chi connectivity index (χ3n) is 13.3. The number of rotatable bonds is 16. The highest BCUT2D eigenvalue weighted by molar-refractivity contribution is 5.25. The van der Waals surface area contributed by atoms with Crippen molar-refractivity contribution in [3.8, 4) is 0 Å². The first kappa shape index (κ1) is 31.7. The molecule has 3 fully saturated rings. The van der Waals surface area contributed by atoms with Crippen LogP contribution in [0.3, 0.4) is 0 Å². The highest BCUT2D eigenvalue weighted by Crippen LogP contribution is 2.67. The summed E-state index contributed by atoms with van der Waals surface area (Å²) in [6.07, 6.45) is 35.4. The summed E-state index contributed by atoms with van der Waals surface area (Å²) in [6, 6.07) is 0. The van der Waals surface area contributed by atoms with Crippen molar-refractivity contribution in [2.24, 2.45) is 52.3 Å². The maximum absolute atomic E-state index is 2.77. The summed E-state index contributed by atoms with van der Waals surface area (Å²) >= 11 is 0. The van der Waals surface area contributed by atoms with Crippen molar-refractivity contribution in [2.75, 3.05) is 0 Å². The van der Waals surface area contributed by atoms with E-state index in [0.29, 0.717) is 10.8 Å². The summed E-state index contributed by atoms with van der Waals surface area (Å²) in [5.41, 5.74) is 3.06. The second-order valence-electron chi connectivity index (χ2n) is 16.5. The molecule has 0 heterocycles. The molecule has 0 aromatic heterocycles. The Bertz CT molecular complexity index is 745. The monoisotopic (exact) mass is 539 g/mol. The van der Waals surface area contributed by atoms with Crippen LogP contribution in [0.4, 0.5) is 0 Å². The Kier molecular flexibility index (Phi) is 12.0. The summed E-state index contributed by atoms with van der Waals surface area (Å²) in [5.74, 6) is 6.75. The predicted octanol–water partition coefficient (Wildman–Crippen LogP) is 13.0. The largest absolute Gasteiger partial charge is 0.0845 e. The topological polar surface area (TPSA) is 0 Å². The van der Waals surface area contributed by atoms with Gasteiger partial charge in [-0.2, -0.15) is 0 Å². The minimum atomic E-state index is 0.549. The standard InChI is InChI=1S/C39H70/c1-30(2)19-17-15-13-11-9-7-8-10-12-14-16-18-20-32(4)35-23-24-36-34-22-21-33-29-31(3)25-27-38(33,5)37(34)26-28-39(35,36)6/h21,30-32,34-37H,7-20,22-29H2,1-6H3/t31-,32+,34+,35?,36-,37?,38?,39?/m0/s1. The molecule has 4 aliphatic rings. The van der Waals surface area contributed by atoms with Gasteiger partial charge < -0.3 is 0 Å². The minimum Gasteiger partial charge on any atom is -0.0845 e. The highest BCUT2D eigenvalue weighted by atomic mass is 14.6. The van der Waals surface area contributed by atoms with Crippen LogP contribution in [0.25, 0.3) is 0 Å². The average Bonchev–Trinajstić information content (AvgIpc) is 3.26. The molecule has 0 saturated heterocycles. The molecule has 8 atom stereocenters. The molecule has 0 N–H and O–H groups in total. The van der Waals surface area contributed by atoms with E-state index in [2.05, 4.69) is 47.6 Å². The maximum atomic E-state index is 2.77. The van der Waals surface area contributed by atoms with Gasteiger partial charge in [0, 0.05) is 0 Å². The molecule has 0 spiro atoms. The Labute approximate surface area is 246 Å². The summed E-state index contributed by atoms with van der Waals surface area (Å²) in [5, 5.41) is 0. The van der Waals surface area contributed by atoms with Gasteiger partial charge in [-0.1, -0.05) is 143 Å². The van der Waals surface area contributed by atoms with Crippen molar-refractivity contribution in [1.29, 1.82) is 0 Å². The van der Waals surface area contributed by atoms with Gasteiger partial charge in [-0.05, 0) is 104 Å². The first-order valence-electron chi connectivity index (χ1n) is 18.4. The van der Waals surface area contributed by atoms with Crippen LogP contribution in [-0.4, -0.2) is 0 Å². The Morgan fingerprint density at radius 3 is 1.90 bits per heavy atom. The fraction of sp³-hybridized carbons (Fsp3) is 0.949. The summed E-state index contributed by atoms with van der Waals surface area (Å²) in [7, 11) is 0. The van der Waals surface area contributed by atoms with Crippen LogP contribution in [-0.2, 0) is 0 Å². The smallest absolute Gasteiger partial charge is 0.00851 e. The Morgan fingerprint density at radius 1 is 0.692 bits per heavy atom. The summed E-state index contributed by atoms with van der Waals surface area (Å²) in [6.45, 7) is 15.3. The zero-order chi connectivity index (χ0) is 27.9. The highest BCUT2D eigenvalue weighted by Gasteiger charge is 2.58. The van der Waals surface area contributed by atoms with Crippen molar-refractivity contribution in [3.63, 3.8) is 0 Å². The zero-order valence-corrected chi connectivity index (χ0v) is 27.7. The molecule has 0 aromatic rings. The molecule has 0 radical (unpaired) electrons. The predicted molar refractivity (Wildman–Crippen MR) is 173 cm³/mol. The number of fused-ring (bicyclic) bond motifs is 5. The number of hydrogen-bond donors (Lipinski definition) is 0. The van der Waals surface area contributed by atoms with Gasteiger partial charge in [0.15, 0.2) is 0 Å². The second-order valence-corrected chi connectivity index (χ2v) is 16.5. The minimum absolute atomic E-state index is 0.549. The van der Waals surface area contributed by atoms with Gasteiger partial charge in [0.2, 0.25) is 0 Å². The molecule has 4 rings (SSSR count). The molecule has 39 heavy (non-hydrogen) atoms. The first-order chi connectivity index (χ1) is 18.8. The molecular weight excluding hydrogens is 468 g/mol. The number of hydrogen-bond acceptors (Lipinski definition) is 0. The number of unbranched alkanes of at least 4 members (excludes halogenated alkanes) is 11. The van der Waals surface area contributed by atoms with E-state index in [-0.39, 0.29) is 0 Å². The fourth-order valence-electron chi connectivity index (χ4n) is 10.8. The molecule has 0 heteroatoms. The number of allylic oxidation sites excluding steroid dienone is 2. The summed E-state index contributed by atoms with van der Waals surface area (Å²) in [4.78, 5) is 0. The second kappa shape index (κ2) is 14.8. The van der Waals surface area contributed by atoms with Gasteiger partial charge >= 0.3 is 0 Å². The van der Waals surface area contributed by atoms with Gasteiger partial charge in [0.25, 0.3) is 0 Å². The van der Waals surface area contributed by atoms with Crippen molar-refractivity contribution in [3.05, 3.63) is 11.6 Å². The normalized spacial score (nSPS) is 36.8. The van der Waals surface area contributed by atoms with Gasteiger partial charge in [-0.15, -0.1) is 0 Å². The van der Waals surface area contributed by atoms with E-state index >= 15 is 0 Å². The third-order valence-corrected chi connectivity index (χ3v) is 13.3. The lowest BCUT2D eigenvalue weighted by molar-refractivity contribution is -0.0522. The van der Waals surface area contributed by atoms with Crippen LogP contribution >= 0.6 is 0 Å². The molecule has 0 aromatic carbocycles. The molecule has 226 valence electrons. The molecule has 0 bridgehead atoms. The van der Waals surface area contributed by atoms with Gasteiger partial charge in [0.05, 0.1) is 0 Å². The maximum Gasteiger partial charge on any atom is -0.00851 e. The van der Waals surface area contributed by atoms with Crippen molar-refractivity contribution in [2.45, 2.75) is 183 Å². The van der Waals surface area contributed by atoms with Crippen LogP contribution in [0.5, 0.6) is 0 Å². The quantitative estimate of drug-likeness (QED) is 0.135. The Balaban J connectivity index is 1.10. The Morgan fingerprint density at radius 2 is 1.28 bits per heavy atom. The van der Waals surface area contributed by atoms with Crippen LogP contribution < -0.4 is 0 Å². The molecule has 0 nitrogen and oxygen atoms in total. The van der Waals surface area contributed by atoms with Crippen LogP contribution in [0, 0.1) is 52.3 Å². The molecule has 3 saturated carbocycles. The molecule has 4 unspecified atom stereocenters. The van der Waals surface area contributed by atoms with Crippen molar-refractivity contribution >= 4 is 0 Å². The van der Waals surface area contributed by atoms with Crippen LogP contribution in [0.15, 0.2) is 11.6 Å². The van der Waals surface area contributed by atoms with E-state index in [1.54, 1.807) is 6.42 Å². The van der Waals surface area contributed by atoms with E-state index < -0.39 is 0 Å². The Hall–Kier alpha value is -0.260. The SMILES string of the molecule is CC(C)CCCCCCCCCCCCCC[C@@H](C)C1CC[C@H]2[C@H]3CC=C4C[C@@H](C)CCC4(C)C3CCC12C. The molecule has 4 aliphatic carbocycles. The van der Waals surface area contributed by atoms with Gasteiger partial charge in [-0.3, -0.25) is 0 Å². The van der Waals surface area contributed by atoms with Crippen LogP contribution in [0.1, 0.15) is 183 Å². The van der Waals surface area contributed by atoms with E-state index in [0.717, 1.165) is 41.4 Å². The third kappa shape index (κ3) is 7.78. The van der Waals surface area contributed by atoms with Crippen molar-refractivity contribution < 1.29 is 0 Å². The zero-order valence-electron chi connectivity index (χ0n) is 27.7.